The van der Waals surface area contributed by atoms with Gasteiger partial charge >= 0.3 is 0 Å². The molecular weight excluding hydrogens is 172 g/mol. The molecule has 0 radical (unpaired) electrons. The van der Waals surface area contributed by atoms with Crippen LogP contribution >= 0.6 is 0 Å². The molecular formula is C13H20O. The van der Waals surface area contributed by atoms with Gasteiger partial charge in [0.25, 0.3) is 0 Å². The quantitative estimate of drug-likeness (QED) is 0.620. The lowest BCUT2D eigenvalue weighted by Crippen LogP contribution is -2.03. The number of hydrogen-bond donors (Lipinski definition) is 0. The molecule has 0 aromatic rings. The molecule has 1 nitrogen and oxygen atoms in total. The van der Waals surface area contributed by atoms with Crippen molar-refractivity contribution in [3.8, 4) is 0 Å². The van der Waals surface area contributed by atoms with Crippen LogP contribution in [0.25, 0.3) is 0 Å². The number of ketones is 1. The SMILES string of the molecule is CCC1=C2CCCCCCC2CC1=O. The lowest BCUT2D eigenvalue weighted by atomic mass is 9.87. The molecule has 14 heavy (non-hydrogen) atoms. The maximum atomic E-state index is 11.7. The molecule has 0 aliphatic heterocycles. The van der Waals surface area contributed by atoms with E-state index in [9.17, 15) is 4.79 Å². The average Bonchev–Trinajstić information content (AvgIpc) is 2.42. The van der Waals surface area contributed by atoms with Crippen molar-refractivity contribution in [2.24, 2.45) is 5.92 Å². The van der Waals surface area contributed by atoms with Crippen molar-refractivity contribution < 1.29 is 4.79 Å². The number of fused-ring (bicyclic) bond motifs is 1. The third-order valence-corrected chi connectivity index (χ3v) is 3.75. The van der Waals surface area contributed by atoms with Gasteiger partial charge in [-0.1, -0.05) is 31.8 Å². The van der Waals surface area contributed by atoms with Crippen LogP contribution in [-0.2, 0) is 4.79 Å². The largest absolute Gasteiger partial charge is 0.295 e. The van der Waals surface area contributed by atoms with Crippen LogP contribution in [-0.4, -0.2) is 5.78 Å². The van der Waals surface area contributed by atoms with E-state index in [1.807, 2.05) is 0 Å². The normalized spacial score (nSPS) is 28.6. The van der Waals surface area contributed by atoms with E-state index < -0.39 is 0 Å². The van der Waals surface area contributed by atoms with E-state index in [-0.39, 0.29) is 0 Å². The Morgan fingerprint density at radius 3 is 2.79 bits per heavy atom. The Kier molecular flexibility index (Phi) is 3.05. The maximum Gasteiger partial charge on any atom is 0.159 e. The number of Topliss-reactive ketones (excluding diaryl/α,β-unsaturated/α-hetero) is 1. The monoisotopic (exact) mass is 192 g/mol. The lowest BCUT2D eigenvalue weighted by molar-refractivity contribution is -0.115. The summed E-state index contributed by atoms with van der Waals surface area (Å²) in [6.07, 6.45) is 9.65. The minimum atomic E-state index is 0.453. The van der Waals surface area contributed by atoms with Crippen molar-refractivity contribution in [1.29, 1.82) is 0 Å². The van der Waals surface area contributed by atoms with Crippen molar-refractivity contribution in [3.05, 3.63) is 11.1 Å². The summed E-state index contributed by atoms with van der Waals surface area (Å²) in [6, 6.07) is 0. The van der Waals surface area contributed by atoms with Gasteiger partial charge in [0.15, 0.2) is 5.78 Å². The zero-order valence-corrected chi connectivity index (χ0v) is 9.14. The number of carbonyl (C=O) groups excluding carboxylic acids is 1. The van der Waals surface area contributed by atoms with E-state index in [4.69, 9.17) is 0 Å². The second-order valence-corrected chi connectivity index (χ2v) is 4.63. The van der Waals surface area contributed by atoms with E-state index in [1.165, 1.54) is 49.7 Å². The van der Waals surface area contributed by atoms with Gasteiger partial charge in [-0.2, -0.15) is 0 Å². The zero-order chi connectivity index (χ0) is 9.97. The first kappa shape index (κ1) is 9.95. The number of rotatable bonds is 1. The molecule has 1 saturated carbocycles. The van der Waals surface area contributed by atoms with Crippen LogP contribution in [0.4, 0.5) is 0 Å². The van der Waals surface area contributed by atoms with Crippen molar-refractivity contribution in [3.63, 3.8) is 0 Å². The highest BCUT2D eigenvalue weighted by atomic mass is 16.1. The standard InChI is InChI=1S/C13H20O/c1-2-11-12-8-6-4-3-5-7-10(12)9-13(11)14/h10H,2-9H2,1H3. The van der Waals surface area contributed by atoms with Gasteiger partial charge in [-0.25, -0.2) is 0 Å². The Hall–Kier alpha value is -0.590. The van der Waals surface area contributed by atoms with Crippen LogP contribution in [0.15, 0.2) is 11.1 Å². The van der Waals surface area contributed by atoms with E-state index in [2.05, 4.69) is 6.92 Å². The second kappa shape index (κ2) is 4.29. The molecule has 2 aliphatic carbocycles. The maximum absolute atomic E-state index is 11.7. The van der Waals surface area contributed by atoms with Crippen LogP contribution in [0.1, 0.15) is 58.3 Å². The fourth-order valence-electron chi connectivity index (χ4n) is 3.01. The third-order valence-electron chi connectivity index (χ3n) is 3.75. The highest BCUT2D eigenvalue weighted by Crippen LogP contribution is 2.39. The Morgan fingerprint density at radius 1 is 1.21 bits per heavy atom. The summed E-state index contributed by atoms with van der Waals surface area (Å²) >= 11 is 0. The molecule has 1 atom stereocenters. The molecule has 0 N–H and O–H groups in total. The molecule has 0 amide bonds. The minimum Gasteiger partial charge on any atom is -0.295 e. The van der Waals surface area contributed by atoms with Crippen molar-refractivity contribution in [2.75, 3.05) is 0 Å². The molecule has 0 bridgehead atoms. The molecule has 1 unspecified atom stereocenters. The molecule has 78 valence electrons. The van der Waals surface area contributed by atoms with Gasteiger partial charge in [-0.3, -0.25) is 4.79 Å². The molecule has 0 heterocycles. The van der Waals surface area contributed by atoms with Crippen LogP contribution in [0.2, 0.25) is 0 Å². The van der Waals surface area contributed by atoms with Crippen LogP contribution in [0, 0.1) is 5.92 Å². The highest BCUT2D eigenvalue weighted by Gasteiger charge is 2.30. The van der Waals surface area contributed by atoms with Gasteiger partial charge < -0.3 is 0 Å². The molecule has 0 aromatic carbocycles. The summed E-state index contributed by atoms with van der Waals surface area (Å²) in [4.78, 5) is 11.7. The summed E-state index contributed by atoms with van der Waals surface area (Å²) in [5.74, 6) is 1.09. The van der Waals surface area contributed by atoms with E-state index in [1.54, 1.807) is 0 Å². The average molecular weight is 192 g/mol. The molecule has 0 spiro atoms. The van der Waals surface area contributed by atoms with Gasteiger partial charge in [-0.05, 0) is 37.2 Å². The van der Waals surface area contributed by atoms with Gasteiger partial charge in [0.1, 0.15) is 0 Å². The smallest absolute Gasteiger partial charge is 0.159 e. The number of allylic oxidation sites excluding steroid dienone is 2. The lowest BCUT2D eigenvalue weighted by Gasteiger charge is -2.18. The van der Waals surface area contributed by atoms with Crippen molar-refractivity contribution in [2.45, 2.75) is 58.3 Å². The van der Waals surface area contributed by atoms with E-state index in [0.29, 0.717) is 11.7 Å². The summed E-state index contributed by atoms with van der Waals surface area (Å²) in [5.41, 5.74) is 2.73. The van der Waals surface area contributed by atoms with Crippen LogP contribution in [0.3, 0.4) is 0 Å². The Balaban J connectivity index is 2.20. The highest BCUT2D eigenvalue weighted by molar-refractivity contribution is 5.99. The summed E-state index contributed by atoms with van der Waals surface area (Å²) in [5, 5.41) is 0. The zero-order valence-electron chi connectivity index (χ0n) is 9.14. The second-order valence-electron chi connectivity index (χ2n) is 4.63. The van der Waals surface area contributed by atoms with E-state index >= 15 is 0 Å². The predicted molar refractivity (Wildman–Crippen MR) is 58.1 cm³/mol. The first-order valence-corrected chi connectivity index (χ1v) is 6.08. The minimum absolute atomic E-state index is 0.453. The molecule has 0 saturated heterocycles. The first-order chi connectivity index (χ1) is 6.83. The number of carbonyl (C=O) groups is 1. The Morgan fingerprint density at radius 2 is 2.00 bits per heavy atom. The van der Waals surface area contributed by atoms with E-state index in [0.717, 1.165) is 12.8 Å². The number of hydrogen-bond acceptors (Lipinski definition) is 1. The predicted octanol–water partition coefficient (Wildman–Crippen LogP) is 3.64. The Labute approximate surface area is 86.6 Å². The van der Waals surface area contributed by atoms with Gasteiger partial charge in [-0.15, -0.1) is 0 Å². The molecule has 2 rings (SSSR count). The topological polar surface area (TPSA) is 17.1 Å². The first-order valence-electron chi connectivity index (χ1n) is 6.08. The van der Waals surface area contributed by atoms with Crippen molar-refractivity contribution >= 4 is 5.78 Å². The summed E-state index contributed by atoms with van der Waals surface area (Å²) in [7, 11) is 0. The molecule has 0 aromatic heterocycles. The third kappa shape index (κ3) is 1.77. The van der Waals surface area contributed by atoms with Crippen LogP contribution < -0.4 is 0 Å². The van der Waals surface area contributed by atoms with Gasteiger partial charge in [0, 0.05) is 6.42 Å². The fraction of sp³-hybridized carbons (Fsp3) is 0.769. The van der Waals surface area contributed by atoms with Gasteiger partial charge in [0.2, 0.25) is 0 Å². The molecule has 1 fully saturated rings. The fourth-order valence-corrected chi connectivity index (χ4v) is 3.01. The van der Waals surface area contributed by atoms with Crippen LogP contribution in [0.5, 0.6) is 0 Å². The molecule has 2 aliphatic rings. The van der Waals surface area contributed by atoms with Crippen molar-refractivity contribution in [1.82, 2.24) is 0 Å². The molecule has 1 heteroatoms. The van der Waals surface area contributed by atoms with Gasteiger partial charge in [0.05, 0.1) is 0 Å². The summed E-state index contributed by atoms with van der Waals surface area (Å²) < 4.78 is 0. The summed E-state index contributed by atoms with van der Waals surface area (Å²) in [6.45, 7) is 2.13. The Bertz CT molecular complexity index is 262.